The van der Waals surface area contributed by atoms with Gasteiger partial charge < -0.3 is 42.7 Å². The van der Waals surface area contributed by atoms with Gasteiger partial charge in [-0.3, -0.25) is 33.6 Å². The van der Waals surface area contributed by atoms with Crippen LogP contribution in [0.1, 0.15) is 104 Å². The number of primary amides is 2. The van der Waals surface area contributed by atoms with E-state index in [2.05, 4.69) is 21.3 Å². The molecular formula is C39H61N7O8. The van der Waals surface area contributed by atoms with Crippen LogP contribution in [0.25, 0.3) is 0 Å². The molecule has 1 aliphatic heterocycles. The van der Waals surface area contributed by atoms with Crippen molar-refractivity contribution in [2.45, 2.75) is 141 Å². The van der Waals surface area contributed by atoms with Gasteiger partial charge in [0.1, 0.15) is 24.2 Å². The number of nitrogens with two attached hydrogens (primary N) is 2. The Morgan fingerprint density at radius 2 is 1.50 bits per heavy atom. The molecule has 1 saturated carbocycles. The Kier molecular flexibility index (Phi) is 17.4. The minimum Gasteiger partial charge on any atom is -0.381 e. The summed E-state index contributed by atoms with van der Waals surface area (Å²) in [6, 6.07) is 3.93. The van der Waals surface area contributed by atoms with Crippen LogP contribution in [0, 0.1) is 17.8 Å². The zero-order chi connectivity index (χ0) is 39.9. The first kappa shape index (κ1) is 43.9. The highest BCUT2D eigenvalue weighted by Crippen LogP contribution is 2.29. The first-order valence-corrected chi connectivity index (χ1v) is 19.4. The van der Waals surface area contributed by atoms with Gasteiger partial charge >= 0.3 is 0 Å². The van der Waals surface area contributed by atoms with Crippen molar-refractivity contribution < 1.29 is 38.7 Å². The summed E-state index contributed by atoms with van der Waals surface area (Å²) >= 11 is 0. The minimum atomic E-state index is -1.75. The van der Waals surface area contributed by atoms with Crippen molar-refractivity contribution in [2.24, 2.45) is 29.2 Å². The van der Waals surface area contributed by atoms with E-state index in [1.165, 1.54) is 4.90 Å². The second-order valence-corrected chi connectivity index (χ2v) is 15.3. The third-order valence-electron chi connectivity index (χ3n) is 10.7. The summed E-state index contributed by atoms with van der Waals surface area (Å²) in [5.74, 6) is -5.16. The van der Waals surface area contributed by atoms with Crippen molar-refractivity contribution in [3.05, 3.63) is 35.9 Å². The molecule has 15 heteroatoms. The van der Waals surface area contributed by atoms with E-state index >= 15 is 0 Å². The Labute approximate surface area is 318 Å². The molecule has 15 nitrogen and oxygen atoms in total. The average molecular weight is 756 g/mol. The van der Waals surface area contributed by atoms with Gasteiger partial charge in [0, 0.05) is 13.0 Å². The SMILES string of the molecule is CC[C@@H](C)[C@H](NC(=O)[C@@H]1CCCN1C(=O)[C@@H](O)[C@H](CC1CCCCC1)NC(=O)[C@H](CC(N)=O)NC(=O)CCc1ccccc1)C(=O)N[C@H](C(N)=O)C(C)C. The molecule has 9 N–H and O–H groups in total. The topological polar surface area (TPSA) is 243 Å². The number of carbonyl (C=O) groups excluding carboxylic acids is 7. The number of aryl methyl sites for hydroxylation is 1. The highest BCUT2D eigenvalue weighted by atomic mass is 16.3. The quantitative estimate of drug-likeness (QED) is 0.101. The van der Waals surface area contributed by atoms with Crippen molar-refractivity contribution in [1.82, 2.24) is 26.2 Å². The molecule has 54 heavy (non-hydrogen) atoms. The fourth-order valence-corrected chi connectivity index (χ4v) is 7.32. The number of aliphatic hydroxyl groups is 1. The van der Waals surface area contributed by atoms with Gasteiger partial charge in [-0.05, 0) is 49.0 Å². The summed E-state index contributed by atoms with van der Waals surface area (Å²) < 4.78 is 0. The molecule has 2 fully saturated rings. The zero-order valence-corrected chi connectivity index (χ0v) is 32.2. The highest BCUT2D eigenvalue weighted by Gasteiger charge is 2.42. The number of carbonyl (C=O) groups is 7. The highest BCUT2D eigenvalue weighted by molar-refractivity contribution is 5.96. The second kappa shape index (κ2) is 21.4. The first-order chi connectivity index (χ1) is 25.6. The number of benzene rings is 1. The van der Waals surface area contributed by atoms with Gasteiger partial charge in [0.2, 0.25) is 35.4 Å². The van der Waals surface area contributed by atoms with Crippen LogP contribution in [-0.4, -0.2) is 94.2 Å². The van der Waals surface area contributed by atoms with Crippen LogP contribution in [0.3, 0.4) is 0 Å². The van der Waals surface area contributed by atoms with Crippen LogP contribution < -0.4 is 32.7 Å². The van der Waals surface area contributed by atoms with Crippen LogP contribution in [0.4, 0.5) is 0 Å². The molecule has 0 radical (unpaired) electrons. The lowest BCUT2D eigenvalue weighted by Gasteiger charge is -2.34. The summed E-state index contributed by atoms with van der Waals surface area (Å²) in [7, 11) is 0. The van der Waals surface area contributed by atoms with Crippen LogP contribution >= 0.6 is 0 Å². The Balaban J connectivity index is 1.77. The van der Waals surface area contributed by atoms with Crippen molar-refractivity contribution in [2.75, 3.05) is 6.54 Å². The van der Waals surface area contributed by atoms with Gasteiger partial charge in [-0.25, -0.2) is 0 Å². The number of likely N-dealkylation sites (tertiary alicyclic amines) is 1. The van der Waals surface area contributed by atoms with Crippen LogP contribution in [0.5, 0.6) is 0 Å². The number of rotatable bonds is 20. The van der Waals surface area contributed by atoms with Gasteiger partial charge in [0.25, 0.3) is 5.91 Å². The zero-order valence-electron chi connectivity index (χ0n) is 32.2. The lowest BCUT2D eigenvalue weighted by Crippen LogP contribution is -2.60. The van der Waals surface area contributed by atoms with Crippen molar-refractivity contribution in [3.8, 4) is 0 Å². The smallest absolute Gasteiger partial charge is 0.254 e. The fourth-order valence-electron chi connectivity index (χ4n) is 7.32. The summed E-state index contributed by atoms with van der Waals surface area (Å²) in [5.41, 5.74) is 11.9. The molecule has 0 aromatic heterocycles. The Bertz CT molecular complexity index is 1450. The molecule has 1 aromatic carbocycles. The Morgan fingerprint density at radius 1 is 0.833 bits per heavy atom. The van der Waals surface area contributed by atoms with Crippen molar-refractivity contribution >= 4 is 41.4 Å². The van der Waals surface area contributed by atoms with E-state index in [0.717, 1.165) is 37.7 Å². The largest absolute Gasteiger partial charge is 0.381 e. The summed E-state index contributed by atoms with van der Waals surface area (Å²) in [4.78, 5) is 93.0. The number of hydrogen-bond acceptors (Lipinski definition) is 8. The van der Waals surface area contributed by atoms with Gasteiger partial charge in [0.05, 0.1) is 12.5 Å². The molecule has 0 spiro atoms. The monoisotopic (exact) mass is 755 g/mol. The van der Waals surface area contributed by atoms with Gasteiger partial charge in [-0.1, -0.05) is 96.6 Å². The van der Waals surface area contributed by atoms with Gasteiger partial charge in [-0.2, -0.15) is 0 Å². The molecule has 300 valence electrons. The van der Waals surface area contributed by atoms with Crippen molar-refractivity contribution in [1.29, 1.82) is 0 Å². The molecule has 2 aliphatic rings. The number of nitrogens with zero attached hydrogens (tertiary/aromatic N) is 1. The summed E-state index contributed by atoms with van der Waals surface area (Å²) in [6.07, 6.45) is 4.45. The maximum atomic E-state index is 14.0. The predicted octanol–water partition coefficient (Wildman–Crippen LogP) is 0.944. The average Bonchev–Trinajstić information content (AvgIpc) is 3.64. The molecule has 1 saturated heterocycles. The minimum absolute atomic E-state index is 0.0561. The maximum absolute atomic E-state index is 14.0. The van der Waals surface area contributed by atoms with E-state index in [1.807, 2.05) is 37.3 Å². The molecule has 0 unspecified atom stereocenters. The number of aliphatic hydroxyl groups excluding tert-OH is 1. The first-order valence-electron chi connectivity index (χ1n) is 19.4. The number of amides is 7. The summed E-state index contributed by atoms with van der Waals surface area (Å²) in [6.45, 7) is 7.29. The normalized spacial score (nSPS) is 19.4. The third kappa shape index (κ3) is 13.1. The van der Waals surface area contributed by atoms with Crippen molar-refractivity contribution in [3.63, 3.8) is 0 Å². The standard InChI is InChI=1S/C39H61N7O8/c1-5-24(4)33(38(53)44-32(23(2)3)35(41)50)45-37(52)29-17-12-20-46(29)39(54)34(49)27(21-26-15-10-7-11-16-26)43-36(51)28(22-30(40)47)42-31(48)19-18-25-13-8-6-9-14-25/h6,8-9,13-14,23-24,26-29,32-34,49H,5,7,10-12,15-22H2,1-4H3,(H2,40,47)(H2,41,50)(H,42,48)(H,43,51)(H,44,53)(H,45,52)/t24-,27+,28+,29+,32+,33+,34+/m1/s1. The molecule has 1 aliphatic carbocycles. The molecule has 1 aromatic rings. The van der Waals surface area contributed by atoms with Crippen LogP contribution in [0.2, 0.25) is 0 Å². The van der Waals surface area contributed by atoms with E-state index in [9.17, 15) is 38.7 Å². The van der Waals surface area contributed by atoms with E-state index in [1.54, 1.807) is 20.8 Å². The maximum Gasteiger partial charge on any atom is 0.254 e. The third-order valence-corrected chi connectivity index (χ3v) is 10.7. The molecule has 7 amide bonds. The van der Waals surface area contributed by atoms with Gasteiger partial charge in [-0.15, -0.1) is 0 Å². The molecule has 3 rings (SSSR count). The van der Waals surface area contributed by atoms with E-state index in [4.69, 9.17) is 11.5 Å². The summed E-state index contributed by atoms with van der Waals surface area (Å²) in [5, 5.41) is 22.4. The van der Waals surface area contributed by atoms with Crippen LogP contribution in [0.15, 0.2) is 30.3 Å². The van der Waals surface area contributed by atoms with E-state index in [-0.39, 0.29) is 43.6 Å². The number of nitrogens with one attached hydrogen (secondary N) is 4. The lowest BCUT2D eigenvalue weighted by atomic mass is 9.83. The molecule has 7 atom stereocenters. The van der Waals surface area contributed by atoms with Crippen LogP contribution in [-0.2, 0) is 40.0 Å². The number of hydrogen-bond donors (Lipinski definition) is 7. The Hall–Kier alpha value is -4.53. The molecule has 1 heterocycles. The van der Waals surface area contributed by atoms with Gasteiger partial charge in [0.15, 0.2) is 6.10 Å². The molecule has 0 bridgehead atoms. The lowest BCUT2D eigenvalue weighted by molar-refractivity contribution is -0.148. The fraction of sp³-hybridized carbons (Fsp3) is 0.667. The predicted molar refractivity (Wildman–Crippen MR) is 202 cm³/mol. The second-order valence-electron chi connectivity index (χ2n) is 15.3. The Morgan fingerprint density at radius 3 is 2.09 bits per heavy atom. The van der Waals surface area contributed by atoms with E-state index < -0.39 is 84.1 Å². The van der Waals surface area contributed by atoms with E-state index in [0.29, 0.717) is 19.3 Å². The molecular weight excluding hydrogens is 694 g/mol.